The summed E-state index contributed by atoms with van der Waals surface area (Å²) in [6.07, 6.45) is 4.89. The van der Waals surface area contributed by atoms with Crippen LogP contribution in [0.1, 0.15) is 31.2 Å². The first-order chi connectivity index (χ1) is 7.70. The molecule has 0 spiro atoms. The second-order valence-electron chi connectivity index (χ2n) is 5.38. The Morgan fingerprint density at radius 1 is 1.50 bits per heavy atom. The van der Waals surface area contributed by atoms with E-state index in [0.29, 0.717) is 0 Å². The van der Waals surface area contributed by atoms with Gasteiger partial charge in [0.15, 0.2) is 0 Å². The minimum absolute atomic E-state index is 0.393. The first-order valence-electron chi connectivity index (χ1n) is 5.94. The molecule has 3 heteroatoms. The third-order valence-corrected chi connectivity index (χ3v) is 5.03. The second kappa shape index (κ2) is 3.59. The van der Waals surface area contributed by atoms with E-state index in [1.807, 2.05) is 0 Å². The molecule has 2 saturated carbocycles. The Hall–Kier alpha value is -0.830. The second-order valence-corrected chi connectivity index (χ2v) is 6.16. The van der Waals surface area contributed by atoms with E-state index < -0.39 is 11.4 Å². The molecule has 1 N–H and O–H groups in total. The molecule has 2 aliphatic carbocycles. The fraction of sp³-hybridized carbons (Fsp3) is 0.615. The molecule has 0 radical (unpaired) electrons. The molecule has 2 unspecified atom stereocenters. The normalized spacial score (nSPS) is 36.0. The Labute approximate surface area is 99.3 Å². The van der Waals surface area contributed by atoms with Crippen molar-refractivity contribution in [2.45, 2.75) is 32.1 Å². The Balaban J connectivity index is 1.68. The van der Waals surface area contributed by atoms with Crippen molar-refractivity contribution >= 4 is 17.3 Å². The van der Waals surface area contributed by atoms with E-state index in [2.05, 4.69) is 16.8 Å². The van der Waals surface area contributed by atoms with Gasteiger partial charge in [-0.25, -0.2) is 0 Å². The van der Waals surface area contributed by atoms with Crippen LogP contribution in [0.25, 0.3) is 0 Å². The lowest BCUT2D eigenvalue weighted by molar-refractivity contribution is -0.149. The van der Waals surface area contributed by atoms with Gasteiger partial charge in [-0.1, -0.05) is 0 Å². The zero-order chi connectivity index (χ0) is 11.2. The number of aliphatic carboxylic acids is 1. The summed E-state index contributed by atoms with van der Waals surface area (Å²) in [5, 5.41) is 13.6. The molecule has 0 saturated heterocycles. The van der Waals surface area contributed by atoms with Gasteiger partial charge in [-0.15, -0.1) is 0 Å². The number of hydrogen-bond donors (Lipinski definition) is 1. The zero-order valence-electron chi connectivity index (χ0n) is 9.19. The lowest BCUT2D eigenvalue weighted by atomic mass is 9.78. The molecule has 86 valence electrons. The molecule has 1 aromatic heterocycles. The van der Waals surface area contributed by atoms with E-state index >= 15 is 0 Å². The summed E-state index contributed by atoms with van der Waals surface area (Å²) in [5.41, 5.74) is 0.904. The van der Waals surface area contributed by atoms with Crippen molar-refractivity contribution in [3.8, 4) is 0 Å². The number of fused-ring (bicyclic) bond motifs is 1. The van der Waals surface area contributed by atoms with Crippen LogP contribution in [-0.4, -0.2) is 11.1 Å². The standard InChI is InChI=1S/C13H16O2S/c14-12(15)13(6-10-5-11(10)7-13)3-1-9-2-4-16-8-9/h2,4,8,10-11H,1,3,5-7H2,(H,14,15). The van der Waals surface area contributed by atoms with Crippen molar-refractivity contribution in [2.75, 3.05) is 0 Å². The number of aryl methyl sites for hydroxylation is 1. The maximum Gasteiger partial charge on any atom is 0.309 e. The largest absolute Gasteiger partial charge is 0.481 e. The van der Waals surface area contributed by atoms with Gasteiger partial charge in [-0.3, -0.25) is 4.79 Å². The summed E-state index contributed by atoms with van der Waals surface area (Å²) in [5.74, 6) is 0.909. The number of hydrogen-bond acceptors (Lipinski definition) is 2. The average molecular weight is 236 g/mol. The molecule has 0 bridgehead atoms. The van der Waals surface area contributed by atoms with Crippen LogP contribution in [0.2, 0.25) is 0 Å². The Morgan fingerprint density at radius 3 is 2.81 bits per heavy atom. The van der Waals surface area contributed by atoms with Gasteiger partial charge in [0, 0.05) is 0 Å². The first kappa shape index (κ1) is 10.3. The highest BCUT2D eigenvalue weighted by molar-refractivity contribution is 7.07. The lowest BCUT2D eigenvalue weighted by Crippen LogP contribution is -2.30. The van der Waals surface area contributed by atoms with Gasteiger partial charge in [-0.05, 0) is 66.3 Å². The van der Waals surface area contributed by atoms with Crippen molar-refractivity contribution in [3.63, 3.8) is 0 Å². The van der Waals surface area contributed by atoms with Crippen LogP contribution >= 0.6 is 11.3 Å². The number of carboxylic acids is 1. The Morgan fingerprint density at radius 2 is 2.25 bits per heavy atom. The van der Waals surface area contributed by atoms with Crippen LogP contribution < -0.4 is 0 Å². The zero-order valence-corrected chi connectivity index (χ0v) is 10.0. The van der Waals surface area contributed by atoms with Crippen LogP contribution in [0, 0.1) is 17.3 Å². The highest BCUT2D eigenvalue weighted by Gasteiger charge is 2.57. The quantitative estimate of drug-likeness (QED) is 0.871. The highest BCUT2D eigenvalue weighted by atomic mass is 32.1. The van der Waals surface area contributed by atoms with Crippen LogP contribution in [0.3, 0.4) is 0 Å². The molecule has 0 amide bonds. The Bertz CT molecular complexity index is 386. The minimum Gasteiger partial charge on any atom is -0.481 e. The first-order valence-corrected chi connectivity index (χ1v) is 6.88. The van der Waals surface area contributed by atoms with E-state index in [-0.39, 0.29) is 0 Å². The van der Waals surface area contributed by atoms with Crippen molar-refractivity contribution in [2.24, 2.45) is 17.3 Å². The number of rotatable bonds is 4. The molecule has 0 aliphatic heterocycles. The molecule has 1 heterocycles. The summed E-state index contributed by atoms with van der Waals surface area (Å²) < 4.78 is 0. The van der Waals surface area contributed by atoms with Crippen LogP contribution in [-0.2, 0) is 11.2 Å². The van der Waals surface area contributed by atoms with E-state index in [1.165, 1.54) is 12.0 Å². The summed E-state index contributed by atoms with van der Waals surface area (Å²) >= 11 is 1.69. The molecular formula is C13H16O2S. The number of thiophene rings is 1. The number of carboxylic acid groups (broad SMARTS) is 1. The lowest BCUT2D eigenvalue weighted by Gasteiger charge is -2.25. The third-order valence-electron chi connectivity index (χ3n) is 4.30. The van der Waals surface area contributed by atoms with E-state index in [9.17, 15) is 9.90 Å². The fourth-order valence-electron chi connectivity index (χ4n) is 3.20. The predicted molar refractivity (Wildman–Crippen MR) is 63.5 cm³/mol. The van der Waals surface area contributed by atoms with Crippen LogP contribution in [0.4, 0.5) is 0 Å². The molecule has 3 rings (SSSR count). The van der Waals surface area contributed by atoms with E-state index in [1.54, 1.807) is 11.3 Å². The maximum absolute atomic E-state index is 11.5. The Kier molecular flexibility index (Phi) is 2.32. The van der Waals surface area contributed by atoms with E-state index in [0.717, 1.165) is 37.5 Å². The number of carbonyl (C=O) groups is 1. The van der Waals surface area contributed by atoms with Crippen LogP contribution in [0.5, 0.6) is 0 Å². The van der Waals surface area contributed by atoms with Crippen molar-refractivity contribution in [1.82, 2.24) is 0 Å². The molecule has 2 fully saturated rings. The smallest absolute Gasteiger partial charge is 0.309 e. The van der Waals surface area contributed by atoms with E-state index in [4.69, 9.17) is 0 Å². The molecule has 1 aromatic rings. The third kappa shape index (κ3) is 1.67. The van der Waals surface area contributed by atoms with Crippen LogP contribution in [0.15, 0.2) is 16.8 Å². The van der Waals surface area contributed by atoms with Crippen molar-refractivity contribution in [3.05, 3.63) is 22.4 Å². The summed E-state index contributed by atoms with van der Waals surface area (Å²) in [7, 11) is 0. The molecule has 2 nitrogen and oxygen atoms in total. The maximum atomic E-state index is 11.5. The monoisotopic (exact) mass is 236 g/mol. The highest BCUT2D eigenvalue weighted by Crippen LogP contribution is 2.61. The summed E-state index contributed by atoms with van der Waals surface area (Å²) in [4.78, 5) is 11.5. The molecule has 0 aromatic carbocycles. The predicted octanol–water partition coefficient (Wildman–Crippen LogP) is 3.18. The average Bonchev–Trinajstić information content (AvgIpc) is 2.73. The molecule has 2 atom stereocenters. The fourth-order valence-corrected chi connectivity index (χ4v) is 3.90. The molecule has 2 aliphatic rings. The van der Waals surface area contributed by atoms with Gasteiger partial charge in [0.05, 0.1) is 5.41 Å². The summed E-state index contributed by atoms with van der Waals surface area (Å²) in [6.45, 7) is 0. The minimum atomic E-state index is -0.560. The van der Waals surface area contributed by atoms with Gasteiger partial charge in [0.2, 0.25) is 0 Å². The van der Waals surface area contributed by atoms with Gasteiger partial charge < -0.3 is 5.11 Å². The van der Waals surface area contributed by atoms with Gasteiger partial charge in [-0.2, -0.15) is 11.3 Å². The molecule has 16 heavy (non-hydrogen) atoms. The van der Waals surface area contributed by atoms with Gasteiger partial charge >= 0.3 is 5.97 Å². The summed E-state index contributed by atoms with van der Waals surface area (Å²) in [6, 6.07) is 2.11. The molecular weight excluding hydrogens is 220 g/mol. The van der Waals surface area contributed by atoms with Gasteiger partial charge in [0.25, 0.3) is 0 Å². The van der Waals surface area contributed by atoms with Crippen molar-refractivity contribution in [1.29, 1.82) is 0 Å². The SMILES string of the molecule is O=C(O)C1(CCc2ccsc2)CC2CC2C1. The topological polar surface area (TPSA) is 37.3 Å². The van der Waals surface area contributed by atoms with Gasteiger partial charge in [0.1, 0.15) is 0 Å². The van der Waals surface area contributed by atoms with Crippen molar-refractivity contribution < 1.29 is 9.90 Å².